The smallest absolute Gasteiger partial charge is 0.462 e. The van der Waals surface area contributed by atoms with Crippen LogP contribution in [0, 0.1) is 0 Å². The molecule has 67 heavy (non-hydrogen) atoms. The van der Waals surface area contributed by atoms with Gasteiger partial charge in [0.05, 0.1) is 27.7 Å². The van der Waals surface area contributed by atoms with Crippen LogP contribution in [-0.2, 0) is 32.7 Å². The van der Waals surface area contributed by atoms with E-state index in [9.17, 15) is 19.0 Å². The summed E-state index contributed by atoms with van der Waals surface area (Å²) in [4.78, 5) is 35.2. The summed E-state index contributed by atoms with van der Waals surface area (Å²) in [5.74, 6) is -0.795. The third-order valence-electron chi connectivity index (χ3n) is 12.7. The summed E-state index contributed by atoms with van der Waals surface area (Å²) < 4.78 is 34.2. The lowest BCUT2D eigenvalue weighted by Crippen LogP contribution is -2.37. The lowest BCUT2D eigenvalue weighted by Gasteiger charge is -2.24. The third-order valence-corrected chi connectivity index (χ3v) is 13.7. The first-order chi connectivity index (χ1) is 32.5. The number of ether oxygens (including phenoxy) is 2. The highest BCUT2D eigenvalue weighted by Gasteiger charge is 2.27. The fourth-order valence-corrected chi connectivity index (χ4v) is 9.02. The molecule has 9 nitrogen and oxygen atoms in total. The quantitative estimate of drug-likeness (QED) is 0.0211. The van der Waals surface area contributed by atoms with Crippen LogP contribution in [0.25, 0.3) is 0 Å². The van der Waals surface area contributed by atoms with Gasteiger partial charge in [0.2, 0.25) is 0 Å². The number of phosphoric ester groups is 1. The SMILES string of the molecule is CCCCCCC/C=C\C/C=C\CCCCCCCCCCCCCCCCCCCCCCCCCCCC(=O)OC(COC(=O)CCCCCCCC)COP(=O)(O)OCC[N+](C)(C)C. The zero-order valence-corrected chi connectivity index (χ0v) is 45.8. The molecule has 0 amide bonds. The molecule has 396 valence electrons. The van der Waals surface area contributed by atoms with Crippen LogP contribution in [0.1, 0.15) is 277 Å². The Kier molecular flexibility index (Phi) is 48.4. The van der Waals surface area contributed by atoms with Crippen molar-refractivity contribution in [2.24, 2.45) is 0 Å². The fourth-order valence-electron chi connectivity index (χ4n) is 8.28. The molecule has 0 saturated carbocycles. The van der Waals surface area contributed by atoms with E-state index in [1.54, 1.807) is 0 Å². The van der Waals surface area contributed by atoms with Gasteiger partial charge >= 0.3 is 19.8 Å². The van der Waals surface area contributed by atoms with Gasteiger partial charge < -0.3 is 18.9 Å². The van der Waals surface area contributed by atoms with Crippen LogP contribution in [-0.4, -0.2) is 74.9 Å². The van der Waals surface area contributed by atoms with Gasteiger partial charge in [0.15, 0.2) is 6.10 Å². The van der Waals surface area contributed by atoms with Crippen LogP contribution >= 0.6 is 7.82 Å². The number of rotatable bonds is 53. The first-order valence-corrected chi connectivity index (χ1v) is 30.1. The maximum Gasteiger partial charge on any atom is 0.472 e. The molecule has 0 radical (unpaired) electrons. The zero-order valence-electron chi connectivity index (χ0n) is 44.9. The number of allylic oxidation sites excluding steroid dienone is 4. The van der Waals surface area contributed by atoms with Crippen molar-refractivity contribution >= 4 is 19.8 Å². The first-order valence-electron chi connectivity index (χ1n) is 28.6. The number of nitrogens with zero attached hydrogens (tertiary/aromatic N) is 1. The Labute approximate surface area is 415 Å². The third kappa shape index (κ3) is 53.7. The van der Waals surface area contributed by atoms with Crippen molar-refractivity contribution in [1.82, 2.24) is 0 Å². The van der Waals surface area contributed by atoms with Gasteiger partial charge in [-0.2, -0.15) is 0 Å². The number of likely N-dealkylation sites (N-methyl/N-ethyl adjacent to an activating group) is 1. The highest BCUT2D eigenvalue weighted by atomic mass is 31.2. The Morgan fingerprint density at radius 2 is 0.806 bits per heavy atom. The molecule has 0 saturated heterocycles. The van der Waals surface area contributed by atoms with E-state index >= 15 is 0 Å². The van der Waals surface area contributed by atoms with Crippen molar-refractivity contribution in [3.05, 3.63) is 24.3 Å². The van der Waals surface area contributed by atoms with Gasteiger partial charge in [-0.15, -0.1) is 0 Å². The summed E-state index contributed by atoms with van der Waals surface area (Å²) in [7, 11) is 1.49. The van der Waals surface area contributed by atoms with Crippen LogP contribution in [0.15, 0.2) is 24.3 Å². The number of unbranched alkanes of at least 4 members (excludes halogenated alkanes) is 35. The summed E-state index contributed by atoms with van der Waals surface area (Å²) in [6.45, 7) is 4.38. The van der Waals surface area contributed by atoms with E-state index in [1.165, 1.54) is 199 Å². The molecule has 2 unspecified atom stereocenters. The molecule has 10 heteroatoms. The summed E-state index contributed by atoms with van der Waals surface area (Å²) in [5.41, 5.74) is 0. The number of quaternary nitrogens is 1. The van der Waals surface area contributed by atoms with Crippen molar-refractivity contribution in [3.63, 3.8) is 0 Å². The second-order valence-corrected chi connectivity index (χ2v) is 22.1. The Balaban J connectivity index is 3.76. The predicted octanol–water partition coefficient (Wildman–Crippen LogP) is 17.4. The molecule has 0 fully saturated rings. The average Bonchev–Trinajstić information content (AvgIpc) is 3.29. The maximum atomic E-state index is 12.7. The minimum Gasteiger partial charge on any atom is -0.462 e. The number of carbonyl (C=O) groups is 2. The predicted molar refractivity (Wildman–Crippen MR) is 284 cm³/mol. The van der Waals surface area contributed by atoms with Crippen molar-refractivity contribution < 1.29 is 42.1 Å². The molecule has 0 aliphatic carbocycles. The summed E-state index contributed by atoms with van der Waals surface area (Å²) in [5, 5.41) is 0. The Bertz CT molecular complexity index is 1190. The summed E-state index contributed by atoms with van der Waals surface area (Å²) >= 11 is 0. The molecule has 0 aromatic rings. The fraction of sp³-hybridized carbons (Fsp3) is 0.895. The van der Waals surface area contributed by atoms with Gasteiger partial charge in [0.1, 0.15) is 19.8 Å². The van der Waals surface area contributed by atoms with Gasteiger partial charge in [0, 0.05) is 12.8 Å². The second-order valence-electron chi connectivity index (χ2n) is 20.7. The number of hydrogen-bond acceptors (Lipinski definition) is 7. The van der Waals surface area contributed by atoms with E-state index in [2.05, 4.69) is 38.2 Å². The topological polar surface area (TPSA) is 108 Å². The van der Waals surface area contributed by atoms with E-state index < -0.39 is 26.5 Å². The van der Waals surface area contributed by atoms with Gasteiger partial charge in [-0.25, -0.2) is 4.57 Å². The van der Waals surface area contributed by atoms with Crippen molar-refractivity contribution in [3.8, 4) is 0 Å². The second kappa shape index (κ2) is 49.5. The lowest BCUT2D eigenvalue weighted by atomic mass is 10.0. The van der Waals surface area contributed by atoms with Crippen LogP contribution in [0.5, 0.6) is 0 Å². The van der Waals surface area contributed by atoms with Crippen LogP contribution in [0.4, 0.5) is 0 Å². The standard InChI is InChI=1S/C57H110NO8P/c1-6-8-10-12-14-15-16-17-18-19-20-21-22-23-24-25-26-27-28-29-30-31-32-33-34-35-36-37-38-39-40-41-42-43-44-46-48-50-57(60)66-55(53-63-56(59)49-47-45-13-11-9-7-2)54-65-67(61,62)64-52-51-58(3,4)5/h16-17,19-20,55H,6-15,18,21-54H2,1-5H3/p+1/b17-16-,20-19-. The highest BCUT2D eigenvalue weighted by Crippen LogP contribution is 2.43. The van der Waals surface area contributed by atoms with E-state index in [4.69, 9.17) is 18.5 Å². The van der Waals surface area contributed by atoms with Crippen molar-refractivity contribution in [1.29, 1.82) is 0 Å². The minimum atomic E-state index is -4.37. The average molecular weight is 969 g/mol. The molecule has 0 bridgehead atoms. The van der Waals surface area contributed by atoms with Crippen molar-refractivity contribution in [2.45, 2.75) is 283 Å². The Morgan fingerprint density at radius 1 is 0.463 bits per heavy atom. The highest BCUT2D eigenvalue weighted by molar-refractivity contribution is 7.47. The summed E-state index contributed by atoms with van der Waals surface area (Å²) in [6.07, 6.45) is 58.9. The molecule has 0 aromatic heterocycles. The molecule has 0 aromatic carbocycles. The number of phosphoric acid groups is 1. The molecular weight excluding hydrogens is 858 g/mol. The molecule has 2 atom stereocenters. The maximum absolute atomic E-state index is 12.7. The van der Waals surface area contributed by atoms with E-state index in [-0.39, 0.29) is 25.6 Å². The van der Waals surface area contributed by atoms with Gasteiger partial charge in [0.25, 0.3) is 0 Å². The molecular formula is C57H111NO8P+. The number of esters is 2. The van der Waals surface area contributed by atoms with E-state index in [1.807, 2.05) is 21.1 Å². The molecule has 0 spiro atoms. The molecule has 0 heterocycles. The normalized spacial score (nSPS) is 13.5. The monoisotopic (exact) mass is 969 g/mol. The van der Waals surface area contributed by atoms with Gasteiger partial charge in [-0.05, 0) is 44.9 Å². The molecule has 0 aliphatic heterocycles. The Morgan fingerprint density at radius 3 is 1.18 bits per heavy atom. The van der Waals surface area contributed by atoms with Gasteiger partial charge in [-0.1, -0.05) is 244 Å². The summed E-state index contributed by atoms with van der Waals surface area (Å²) in [6, 6.07) is 0. The lowest BCUT2D eigenvalue weighted by molar-refractivity contribution is -0.870. The van der Waals surface area contributed by atoms with E-state index in [0.29, 0.717) is 23.9 Å². The molecule has 1 N–H and O–H groups in total. The van der Waals surface area contributed by atoms with E-state index in [0.717, 1.165) is 44.9 Å². The Hall–Kier alpha value is -1.51. The van der Waals surface area contributed by atoms with Crippen LogP contribution < -0.4 is 0 Å². The van der Waals surface area contributed by atoms with Gasteiger partial charge in [-0.3, -0.25) is 18.6 Å². The van der Waals surface area contributed by atoms with Crippen molar-refractivity contribution in [2.75, 3.05) is 47.5 Å². The largest absolute Gasteiger partial charge is 0.472 e. The molecule has 0 rings (SSSR count). The minimum absolute atomic E-state index is 0.0351. The number of carbonyl (C=O) groups excluding carboxylic acids is 2. The zero-order chi connectivity index (χ0) is 49.2. The van der Waals surface area contributed by atoms with Crippen LogP contribution in [0.3, 0.4) is 0 Å². The number of hydrogen-bond donors (Lipinski definition) is 1. The molecule has 0 aliphatic rings. The first kappa shape index (κ1) is 65.5. The van der Waals surface area contributed by atoms with Crippen LogP contribution in [0.2, 0.25) is 0 Å².